The molecule has 1 aromatic carbocycles. The van der Waals surface area contributed by atoms with Crippen LogP contribution in [-0.2, 0) is 21.6 Å². The largest absolute Gasteiger partial charge is 0.384 e. The van der Waals surface area contributed by atoms with Crippen molar-refractivity contribution in [1.29, 1.82) is 0 Å². The van der Waals surface area contributed by atoms with Crippen molar-refractivity contribution >= 4 is 34.7 Å². The number of aryl methyl sites for hydroxylation is 1. The van der Waals surface area contributed by atoms with E-state index in [2.05, 4.69) is 11.1 Å². The Morgan fingerprint density at radius 1 is 1.42 bits per heavy atom. The highest BCUT2D eigenvalue weighted by Gasteiger charge is 2.36. The van der Waals surface area contributed by atoms with Crippen LogP contribution in [0.2, 0.25) is 0 Å². The van der Waals surface area contributed by atoms with E-state index >= 15 is 0 Å². The van der Waals surface area contributed by atoms with Gasteiger partial charge in [0.15, 0.2) is 4.34 Å². The number of amides is 1. The van der Waals surface area contributed by atoms with Crippen LogP contribution in [-0.4, -0.2) is 35.8 Å². The lowest BCUT2D eigenvalue weighted by Gasteiger charge is -2.34. The minimum atomic E-state index is -0.826. The van der Waals surface area contributed by atoms with Gasteiger partial charge in [-0.3, -0.25) is 4.79 Å². The average Bonchev–Trinajstić information content (AvgIpc) is 3.07. The van der Waals surface area contributed by atoms with Crippen molar-refractivity contribution in [2.75, 3.05) is 18.6 Å². The third-order valence-corrected chi connectivity index (χ3v) is 7.34. The van der Waals surface area contributed by atoms with Crippen molar-refractivity contribution in [3.63, 3.8) is 0 Å². The van der Waals surface area contributed by atoms with E-state index in [4.69, 9.17) is 4.74 Å². The van der Waals surface area contributed by atoms with Crippen LogP contribution in [0.1, 0.15) is 36.6 Å². The number of ether oxygens (including phenoxy) is 1. The Morgan fingerprint density at radius 3 is 3.08 bits per heavy atom. The number of hydrogen-bond acceptors (Lipinski definition) is 6. The number of carbonyl (C=O) groups is 1. The van der Waals surface area contributed by atoms with E-state index in [1.54, 1.807) is 34.2 Å². The van der Waals surface area contributed by atoms with Crippen molar-refractivity contribution in [2.24, 2.45) is 0 Å². The molecule has 2 aliphatic heterocycles. The molecule has 4 rings (SSSR count). The van der Waals surface area contributed by atoms with Gasteiger partial charge in [-0.05, 0) is 37.1 Å². The van der Waals surface area contributed by atoms with Gasteiger partial charge < -0.3 is 14.7 Å². The average molecular weight is 391 g/mol. The van der Waals surface area contributed by atoms with Crippen molar-refractivity contribution in [3.05, 3.63) is 34.8 Å². The van der Waals surface area contributed by atoms with Crippen LogP contribution in [0.5, 0.6) is 0 Å². The first-order chi connectivity index (χ1) is 12.4. The molecule has 5 nitrogen and oxygen atoms in total. The molecule has 1 N–H and O–H groups in total. The Labute approximate surface area is 161 Å². The Kier molecular flexibility index (Phi) is 4.81. The van der Waals surface area contributed by atoms with E-state index in [1.165, 1.54) is 5.56 Å². The number of aliphatic hydroxyl groups is 1. The van der Waals surface area contributed by atoms with E-state index in [0.29, 0.717) is 25.9 Å². The van der Waals surface area contributed by atoms with Crippen molar-refractivity contribution < 1.29 is 14.6 Å². The molecule has 1 aromatic heterocycles. The van der Waals surface area contributed by atoms with Gasteiger partial charge in [0, 0.05) is 43.1 Å². The quantitative estimate of drug-likeness (QED) is 0.868. The molecule has 0 bridgehead atoms. The number of benzene rings is 1. The van der Waals surface area contributed by atoms with Crippen molar-refractivity contribution in [1.82, 2.24) is 4.98 Å². The summed E-state index contributed by atoms with van der Waals surface area (Å²) in [6.45, 7) is 2.57. The van der Waals surface area contributed by atoms with Crippen LogP contribution >= 0.6 is 23.1 Å². The summed E-state index contributed by atoms with van der Waals surface area (Å²) in [5.74, 6) is 0.168. The van der Waals surface area contributed by atoms with Gasteiger partial charge in [0.25, 0.3) is 0 Å². The van der Waals surface area contributed by atoms with E-state index in [-0.39, 0.29) is 12.0 Å². The molecule has 0 aliphatic carbocycles. The van der Waals surface area contributed by atoms with Crippen molar-refractivity contribution in [3.8, 4) is 0 Å². The molecule has 0 saturated carbocycles. The van der Waals surface area contributed by atoms with Gasteiger partial charge >= 0.3 is 0 Å². The molecular formula is C19H22N2O3S2. The molecule has 2 aromatic rings. The number of hydrogen-bond donors (Lipinski definition) is 1. The molecule has 3 heterocycles. The fraction of sp³-hybridized carbons (Fsp3) is 0.474. The zero-order valence-corrected chi connectivity index (χ0v) is 16.5. The lowest BCUT2D eigenvalue weighted by atomic mass is 9.90. The van der Waals surface area contributed by atoms with Crippen molar-refractivity contribution in [2.45, 2.75) is 53.5 Å². The van der Waals surface area contributed by atoms with Crippen LogP contribution in [0.3, 0.4) is 0 Å². The maximum absolute atomic E-state index is 11.8. The lowest BCUT2D eigenvalue weighted by Crippen LogP contribution is -2.36. The number of fused-ring (bicyclic) bond motifs is 1. The Bertz CT molecular complexity index is 838. The molecule has 2 atom stereocenters. The molecular weight excluding hydrogens is 368 g/mol. The van der Waals surface area contributed by atoms with Gasteiger partial charge in [0.1, 0.15) is 5.60 Å². The lowest BCUT2D eigenvalue weighted by molar-refractivity contribution is -0.118. The SMILES string of the molecule is C[C@H]1C[C@@](O)(c2cnc(Sc3ccc4c(c3)CCC(=O)N4C)s2)CCO1. The fourth-order valence-corrected chi connectivity index (χ4v) is 5.75. The topological polar surface area (TPSA) is 62.7 Å². The summed E-state index contributed by atoms with van der Waals surface area (Å²) in [5, 5.41) is 10.9. The zero-order valence-electron chi connectivity index (χ0n) is 14.9. The van der Waals surface area contributed by atoms with Gasteiger partial charge in [0.05, 0.1) is 17.6 Å². The first-order valence-corrected chi connectivity index (χ1v) is 10.5. The van der Waals surface area contributed by atoms with Crippen LogP contribution < -0.4 is 4.90 Å². The second-order valence-electron chi connectivity index (χ2n) is 7.00. The maximum atomic E-state index is 11.8. The monoisotopic (exact) mass is 390 g/mol. The maximum Gasteiger partial charge on any atom is 0.227 e. The number of rotatable bonds is 3. The fourth-order valence-electron chi connectivity index (χ4n) is 3.61. The number of nitrogens with zero attached hydrogens (tertiary/aromatic N) is 2. The molecule has 7 heteroatoms. The van der Waals surface area contributed by atoms with E-state index < -0.39 is 5.60 Å². The first-order valence-electron chi connectivity index (χ1n) is 8.82. The summed E-state index contributed by atoms with van der Waals surface area (Å²) in [4.78, 5) is 20.1. The molecule has 1 amide bonds. The predicted molar refractivity (Wildman–Crippen MR) is 103 cm³/mol. The Balaban J connectivity index is 1.52. The molecule has 1 fully saturated rings. The number of carbonyl (C=O) groups excluding carboxylic acids is 1. The van der Waals surface area contributed by atoms with Crippen LogP contribution in [0.4, 0.5) is 5.69 Å². The minimum absolute atomic E-state index is 0.0623. The molecule has 2 aliphatic rings. The van der Waals surface area contributed by atoms with E-state index in [9.17, 15) is 9.90 Å². The van der Waals surface area contributed by atoms with Gasteiger partial charge in [-0.15, -0.1) is 11.3 Å². The zero-order chi connectivity index (χ0) is 18.3. The summed E-state index contributed by atoms with van der Waals surface area (Å²) < 4.78 is 6.48. The van der Waals surface area contributed by atoms with E-state index in [0.717, 1.165) is 26.2 Å². The summed E-state index contributed by atoms with van der Waals surface area (Å²) in [5.41, 5.74) is 1.37. The summed E-state index contributed by atoms with van der Waals surface area (Å²) in [6.07, 6.45) is 4.43. The van der Waals surface area contributed by atoms with Crippen LogP contribution in [0, 0.1) is 0 Å². The number of anilines is 1. The predicted octanol–water partition coefficient (Wildman–Crippen LogP) is 3.59. The third-order valence-electron chi connectivity index (χ3n) is 5.09. The second kappa shape index (κ2) is 6.96. The summed E-state index contributed by atoms with van der Waals surface area (Å²) in [6, 6.07) is 6.19. The van der Waals surface area contributed by atoms with Gasteiger partial charge in [-0.1, -0.05) is 11.8 Å². The number of aromatic nitrogens is 1. The number of thiazole rings is 1. The molecule has 1 saturated heterocycles. The Hall–Kier alpha value is -1.41. The molecule has 0 spiro atoms. The highest BCUT2D eigenvalue weighted by atomic mass is 32.2. The highest BCUT2D eigenvalue weighted by molar-refractivity contribution is 8.01. The van der Waals surface area contributed by atoms with Gasteiger partial charge in [-0.2, -0.15) is 0 Å². The second-order valence-corrected chi connectivity index (χ2v) is 9.35. The summed E-state index contributed by atoms with van der Waals surface area (Å²) in [7, 11) is 1.83. The normalized spacial score (nSPS) is 26.0. The smallest absolute Gasteiger partial charge is 0.227 e. The van der Waals surface area contributed by atoms with Gasteiger partial charge in [-0.25, -0.2) is 4.98 Å². The highest BCUT2D eigenvalue weighted by Crippen LogP contribution is 2.41. The molecule has 138 valence electrons. The molecule has 0 unspecified atom stereocenters. The van der Waals surface area contributed by atoms with Crippen LogP contribution in [0.15, 0.2) is 33.6 Å². The Morgan fingerprint density at radius 2 is 2.27 bits per heavy atom. The standard InChI is InChI=1S/C19H22N2O3S2/c1-12-10-19(23,7-8-24-12)16-11-20-18(26-16)25-14-4-5-15-13(9-14)3-6-17(22)21(15)2/h4-5,9,11-12,23H,3,6-8,10H2,1-2H3/t12-,19+/m0/s1. The van der Waals surface area contributed by atoms with Crippen LogP contribution in [0.25, 0.3) is 0 Å². The molecule has 26 heavy (non-hydrogen) atoms. The third kappa shape index (κ3) is 3.41. The first kappa shape index (κ1) is 18.0. The summed E-state index contributed by atoms with van der Waals surface area (Å²) >= 11 is 3.16. The van der Waals surface area contributed by atoms with E-state index in [1.807, 2.05) is 26.1 Å². The minimum Gasteiger partial charge on any atom is -0.384 e. The van der Waals surface area contributed by atoms with Gasteiger partial charge in [0.2, 0.25) is 5.91 Å². The molecule has 0 radical (unpaired) electrons.